The number of rotatable bonds is 12. The summed E-state index contributed by atoms with van der Waals surface area (Å²) < 4.78 is 0. The topological polar surface area (TPSA) is 81.1 Å². The van der Waals surface area contributed by atoms with E-state index in [4.69, 9.17) is 11.5 Å². The molecule has 1 aromatic carbocycles. The van der Waals surface area contributed by atoms with Gasteiger partial charge in [0.1, 0.15) is 0 Å². The number of hydrogen-bond donors (Lipinski definition) is 3. The molecule has 2 atom stereocenters. The van der Waals surface area contributed by atoms with Crippen LogP contribution in [0.1, 0.15) is 68.6 Å². The summed E-state index contributed by atoms with van der Waals surface area (Å²) >= 11 is 0. The molecular formula is C19H33N3O. The highest BCUT2D eigenvalue weighted by Crippen LogP contribution is 2.09. The van der Waals surface area contributed by atoms with Crippen LogP contribution in [0.25, 0.3) is 0 Å². The Kier molecular flexibility index (Phi) is 10.3. The van der Waals surface area contributed by atoms with Crippen molar-refractivity contribution in [2.75, 3.05) is 6.54 Å². The Morgan fingerprint density at radius 1 is 0.957 bits per heavy atom. The van der Waals surface area contributed by atoms with E-state index in [2.05, 4.69) is 12.2 Å². The zero-order valence-electron chi connectivity index (χ0n) is 14.5. The Labute approximate surface area is 141 Å². The molecule has 1 aromatic rings. The van der Waals surface area contributed by atoms with Crippen LogP contribution in [0.2, 0.25) is 0 Å². The molecule has 0 aromatic heterocycles. The molecule has 0 saturated carbocycles. The number of nitrogens with two attached hydrogens (primary N) is 2. The summed E-state index contributed by atoms with van der Waals surface area (Å²) in [5.74, 6) is -0.0534. The SMILES string of the molecule is CCCCCCCCC(N)C(N)CCNC(=O)c1ccccc1. The van der Waals surface area contributed by atoms with E-state index in [1.165, 1.54) is 32.1 Å². The van der Waals surface area contributed by atoms with Crippen molar-refractivity contribution in [2.24, 2.45) is 11.5 Å². The molecule has 0 saturated heterocycles. The third kappa shape index (κ3) is 8.72. The van der Waals surface area contributed by atoms with Crippen LogP contribution >= 0.6 is 0 Å². The second kappa shape index (κ2) is 12.1. The first kappa shape index (κ1) is 19.7. The van der Waals surface area contributed by atoms with Crippen LogP contribution in [0.5, 0.6) is 0 Å². The third-order valence-electron chi connectivity index (χ3n) is 4.24. The standard InChI is InChI=1S/C19H33N3O/c1-2-3-4-5-6-10-13-17(20)18(21)14-15-22-19(23)16-11-8-7-9-12-16/h7-9,11-12,17-18H,2-6,10,13-15,20-21H2,1H3,(H,22,23). The van der Waals surface area contributed by atoms with Crippen molar-refractivity contribution in [1.82, 2.24) is 5.32 Å². The first-order chi connectivity index (χ1) is 11.1. The average Bonchev–Trinajstić information content (AvgIpc) is 2.58. The monoisotopic (exact) mass is 319 g/mol. The van der Waals surface area contributed by atoms with Gasteiger partial charge in [0.05, 0.1) is 0 Å². The first-order valence-electron chi connectivity index (χ1n) is 8.99. The highest BCUT2D eigenvalue weighted by atomic mass is 16.1. The maximum absolute atomic E-state index is 11.9. The Balaban J connectivity index is 2.10. The van der Waals surface area contributed by atoms with E-state index in [-0.39, 0.29) is 18.0 Å². The van der Waals surface area contributed by atoms with Crippen molar-refractivity contribution < 1.29 is 4.79 Å². The van der Waals surface area contributed by atoms with Crippen molar-refractivity contribution in [2.45, 2.75) is 70.4 Å². The second-order valence-corrected chi connectivity index (χ2v) is 6.29. The van der Waals surface area contributed by atoms with Gasteiger partial charge in [0.2, 0.25) is 0 Å². The van der Waals surface area contributed by atoms with Gasteiger partial charge in [-0.3, -0.25) is 4.79 Å². The van der Waals surface area contributed by atoms with Crippen molar-refractivity contribution in [1.29, 1.82) is 0 Å². The van der Waals surface area contributed by atoms with E-state index in [0.717, 1.165) is 19.3 Å². The molecule has 4 heteroatoms. The van der Waals surface area contributed by atoms with Crippen LogP contribution < -0.4 is 16.8 Å². The second-order valence-electron chi connectivity index (χ2n) is 6.29. The fourth-order valence-corrected chi connectivity index (χ4v) is 2.63. The number of carbonyl (C=O) groups is 1. The predicted molar refractivity (Wildman–Crippen MR) is 97.3 cm³/mol. The molecule has 2 unspecified atom stereocenters. The smallest absolute Gasteiger partial charge is 0.251 e. The zero-order valence-corrected chi connectivity index (χ0v) is 14.5. The lowest BCUT2D eigenvalue weighted by Crippen LogP contribution is -2.43. The van der Waals surface area contributed by atoms with Gasteiger partial charge in [0.25, 0.3) is 5.91 Å². The molecule has 0 bridgehead atoms. The maximum atomic E-state index is 11.9. The summed E-state index contributed by atoms with van der Waals surface area (Å²) in [6.45, 7) is 2.80. The molecule has 0 radical (unpaired) electrons. The average molecular weight is 319 g/mol. The molecule has 1 amide bonds. The number of carbonyl (C=O) groups excluding carboxylic acids is 1. The van der Waals surface area contributed by atoms with Crippen LogP contribution in [0.4, 0.5) is 0 Å². The Morgan fingerprint density at radius 3 is 2.26 bits per heavy atom. The van der Waals surface area contributed by atoms with Gasteiger partial charge in [-0.15, -0.1) is 0 Å². The molecular weight excluding hydrogens is 286 g/mol. The summed E-state index contributed by atoms with van der Waals surface area (Å²) in [5, 5.41) is 2.90. The van der Waals surface area contributed by atoms with Gasteiger partial charge in [-0.05, 0) is 25.0 Å². The fraction of sp³-hybridized carbons (Fsp3) is 0.632. The van der Waals surface area contributed by atoms with Gasteiger partial charge in [-0.25, -0.2) is 0 Å². The van der Waals surface area contributed by atoms with Crippen LogP contribution in [-0.2, 0) is 0 Å². The van der Waals surface area contributed by atoms with E-state index in [0.29, 0.717) is 12.1 Å². The van der Waals surface area contributed by atoms with Crippen molar-refractivity contribution >= 4 is 5.91 Å². The summed E-state index contributed by atoms with van der Waals surface area (Å²) in [6, 6.07) is 9.19. The number of hydrogen-bond acceptors (Lipinski definition) is 3. The molecule has 0 heterocycles. The molecule has 0 aliphatic heterocycles. The predicted octanol–water partition coefficient (Wildman–Crippen LogP) is 3.21. The van der Waals surface area contributed by atoms with E-state index >= 15 is 0 Å². The van der Waals surface area contributed by atoms with Crippen LogP contribution in [0.15, 0.2) is 30.3 Å². The Morgan fingerprint density at radius 2 is 1.57 bits per heavy atom. The lowest BCUT2D eigenvalue weighted by atomic mass is 9.99. The van der Waals surface area contributed by atoms with Gasteiger partial charge in [-0.1, -0.05) is 63.6 Å². The Hall–Kier alpha value is -1.39. The molecule has 0 aliphatic rings. The van der Waals surface area contributed by atoms with Crippen molar-refractivity contribution in [3.63, 3.8) is 0 Å². The van der Waals surface area contributed by atoms with Crippen molar-refractivity contribution in [3.05, 3.63) is 35.9 Å². The fourth-order valence-electron chi connectivity index (χ4n) is 2.63. The van der Waals surface area contributed by atoms with Gasteiger partial charge in [-0.2, -0.15) is 0 Å². The van der Waals surface area contributed by atoms with E-state index in [1.54, 1.807) is 12.1 Å². The molecule has 0 spiro atoms. The van der Waals surface area contributed by atoms with Crippen LogP contribution in [0, 0.1) is 0 Å². The number of unbranched alkanes of at least 4 members (excludes halogenated alkanes) is 5. The van der Waals surface area contributed by atoms with E-state index < -0.39 is 0 Å². The molecule has 1 rings (SSSR count). The molecule has 130 valence electrons. The molecule has 23 heavy (non-hydrogen) atoms. The van der Waals surface area contributed by atoms with Crippen LogP contribution in [0.3, 0.4) is 0 Å². The normalized spacial score (nSPS) is 13.5. The minimum atomic E-state index is -0.0540. The number of amides is 1. The number of nitrogens with one attached hydrogen (secondary N) is 1. The van der Waals surface area contributed by atoms with Crippen LogP contribution in [-0.4, -0.2) is 24.5 Å². The van der Waals surface area contributed by atoms with E-state index in [9.17, 15) is 4.79 Å². The summed E-state index contributed by atoms with van der Waals surface area (Å²) in [4.78, 5) is 11.9. The summed E-state index contributed by atoms with van der Waals surface area (Å²) in [6.07, 6.45) is 9.30. The molecule has 0 aliphatic carbocycles. The molecule has 5 N–H and O–H groups in total. The van der Waals surface area contributed by atoms with Gasteiger partial charge < -0.3 is 16.8 Å². The summed E-state index contributed by atoms with van der Waals surface area (Å²) in [7, 11) is 0. The highest BCUT2D eigenvalue weighted by Gasteiger charge is 2.13. The molecule has 0 fully saturated rings. The van der Waals surface area contributed by atoms with Gasteiger partial charge >= 0.3 is 0 Å². The van der Waals surface area contributed by atoms with Gasteiger partial charge in [0, 0.05) is 24.2 Å². The lowest BCUT2D eigenvalue weighted by Gasteiger charge is -2.20. The quantitative estimate of drug-likeness (QED) is 0.517. The Bertz CT molecular complexity index is 422. The lowest BCUT2D eigenvalue weighted by molar-refractivity contribution is 0.0952. The minimum absolute atomic E-state index is 0.0230. The van der Waals surface area contributed by atoms with Crippen molar-refractivity contribution in [3.8, 4) is 0 Å². The largest absolute Gasteiger partial charge is 0.352 e. The minimum Gasteiger partial charge on any atom is -0.352 e. The first-order valence-corrected chi connectivity index (χ1v) is 8.99. The maximum Gasteiger partial charge on any atom is 0.251 e. The third-order valence-corrected chi connectivity index (χ3v) is 4.24. The number of benzene rings is 1. The zero-order chi connectivity index (χ0) is 16.9. The van der Waals surface area contributed by atoms with E-state index in [1.807, 2.05) is 18.2 Å². The summed E-state index contributed by atoms with van der Waals surface area (Å²) in [5.41, 5.74) is 13.0. The molecule has 4 nitrogen and oxygen atoms in total. The highest BCUT2D eigenvalue weighted by molar-refractivity contribution is 5.94. The van der Waals surface area contributed by atoms with Gasteiger partial charge in [0.15, 0.2) is 0 Å².